The van der Waals surface area contributed by atoms with E-state index in [2.05, 4.69) is 10.3 Å². The van der Waals surface area contributed by atoms with E-state index in [9.17, 15) is 13.6 Å². The third-order valence-corrected chi connectivity index (χ3v) is 2.50. The maximum absolute atomic E-state index is 13.6. The molecule has 98 valence electrons. The molecule has 0 aliphatic carbocycles. The van der Waals surface area contributed by atoms with Crippen LogP contribution in [-0.2, 0) is 0 Å². The second-order valence-corrected chi connectivity index (χ2v) is 4.11. The standard InChI is InChI=1S/C12H8ClF2N3O/c13-6-3-7(14)5-8(4-6)18-12(19)9-1-2-17-11(16)10(9)15/h1-5H,(H2,16,17)(H,18,19). The molecular formula is C12H8ClF2N3O. The summed E-state index contributed by atoms with van der Waals surface area (Å²) in [6.07, 6.45) is 1.20. The lowest BCUT2D eigenvalue weighted by atomic mass is 10.2. The van der Waals surface area contributed by atoms with Crippen LogP contribution in [0.2, 0.25) is 5.02 Å². The first kappa shape index (κ1) is 13.2. The maximum Gasteiger partial charge on any atom is 0.258 e. The van der Waals surface area contributed by atoms with Gasteiger partial charge in [-0.2, -0.15) is 0 Å². The lowest BCUT2D eigenvalue weighted by Crippen LogP contribution is -2.15. The fourth-order valence-electron chi connectivity index (χ4n) is 1.46. The van der Waals surface area contributed by atoms with E-state index in [1.165, 1.54) is 18.3 Å². The van der Waals surface area contributed by atoms with E-state index in [0.717, 1.165) is 12.1 Å². The Kier molecular flexibility index (Phi) is 3.62. The molecule has 0 aliphatic rings. The number of hydrogen-bond donors (Lipinski definition) is 2. The van der Waals surface area contributed by atoms with Gasteiger partial charge in [0.1, 0.15) is 5.82 Å². The molecule has 7 heteroatoms. The van der Waals surface area contributed by atoms with Crippen molar-refractivity contribution in [3.63, 3.8) is 0 Å². The number of nitrogens with zero attached hydrogens (tertiary/aromatic N) is 1. The Bertz CT molecular complexity index is 629. The van der Waals surface area contributed by atoms with E-state index >= 15 is 0 Å². The third kappa shape index (κ3) is 2.97. The normalized spacial score (nSPS) is 10.3. The Morgan fingerprint density at radius 3 is 2.74 bits per heavy atom. The van der Waals surface area contributed by atoms with E-state index in [1.54, 1.807) is 0 Å². The van der Waals surface area contributed by atoms with Gasteiger partial charge in [-0.1, -0.05) is 11.6 Å². The summed E-state index contributed by atoms with van der Waals surface area (Å²) < 4.78 is 26.6. The van der Waals surface area contributed by atoms with Gasteiger partial charge in [0.05, 0.1) is 5.56 Å². The van der Waals surface area contributed by atoms with E-state index in [0.29, 0.717) is 0 Å². The molecular weight excluding hydrogens is 276 g/mol. The van der Waals surface area contributed by atoms with E-state index < -0.39 is 17.5 Å². The lowest BCUT2D eigenvalue weighted by molar-refractivity contribution is 0.102. The van der Waals surface area contributed by atoms with E-state index in [-0.39, 0.29) is 22.1 Å². The molecule has 1 heterocycles. The van der Waals surface area contributed by atoms with Crippen LogP contribution in [0.5, 0.6) is 0 Å². The summed E-state index contributed by atoms with van der Waals surface area (Å²) in [5, 5.41) is 2.44. The fourth-order valence-corrected chi connectivity index (χ4v) is 1.68. The molecule has 0 unspecified atom stereocenters. The summed E-state index contributed by atoms with van der Waals surface area (Å²) in [5.74, 6) is -2.70. The molecule has 1 aromatic heterocycles. The lowest BCUT2D eigenvalue weighted by Gasteiger charge is -2.07. The van der Waals surface area contributed by atoms with Crippen LogP contribution in [0.1, 0.15) is 10.4 Å². The number of carbonyl (C=O) groups excluding carboxylic acids is 1. The summed E-state index contributed by atoms with van der Waals surface area (Å²) in [6, 6.07) is 4.65. The summed E-state index contributed by atoms with van der Waals surface area (Å²) in [6.45, 7) is 0. The number of nitrogens with one attached hydrogen (secondary N) is 1. The number of rotatable bonds is 2. The Balaban J connectivity index is 2.28. The zero-order valence-electron chi connectivity index (χ0n) is 9.45. The first-order valence-corrected chi connectivity index (χ1v) is 5.52. The average Bonchev–Trinajstić information content (AvgIpc) is 2.31. The van der Waals surface area contributed by atoms with Crippen molar-refractivity contribution in [3.05, 3.63) is 52.7 Å². The number of benzene rings is 1. The van der Waals surface area contributed by atoms with Gasteiger partial charge < -0.3 is 11.1 Å². The van der Waals surface area contributed by atoms with Crippen molar-refractivity contribution >= 4 is 29.0 Å². The summed E-state index contributed by atoms with van der Waals surface area (Å²) >= 11 is 5.64. The number of aromatic nitrogens is 1. The number of carbonyl (C=O) groups is 1. The molecule has 0 saturated carbocycles. The van der Waals surface area contributed by atoms with Crippen molar-refractivity contribution in [2.75, 3.05) is 11.1 Å². The molecule has 1 aromatic carbocycles. The highest BCUT2D eigenvalue weighted by atomic mass is 35.5. The number of nitrogen functional groups attached to an aromatic ring is 1. The van der Waals surface area contributed by atoms with Crippen molar-refractivity contribution in [2.24, 2.45) is 0 Å². The second-order valence-electron chi connectivity index (χ2n) is 3.67. The molecule has 0 radical (unpaired) electrons. The molecule has 2 aromatic rings. The maximum atomic E-state index is 13.6. The fraction of sp³-hybridized carbons (Fsp3) is 0. The van der Waals surface area contributed by atoms with Crippen LogP contribution in [0.3, 0.4) is 0 Å². The first-order chi connectivity index (χ1) is 8.97. The van der Waals surface area contributed by atoms with Crippen LogP contribution >= 0.6 is 11.6 Å². The van der Waals surface area contributed by atoms with Crippen molar-refractivity contribution in [1.82, 2.24) is 4.98 Å². The van der Waals surface area contributed by atoms with Crippen LogP contribution in [-0.4, -0.2) is 10.9 Å². The highest BCUT2D eigenvalue weighted by Gasteiger charge is 2.15. The van der Waals surface area contributed by atoms with Crippen LogP contribution in [0.15, 0.2) is 30.5 Å². The number of hydrogen-bond acceptors (Lipinski definition) is 3. The predicted molar refractivity (Wildman–Crippen MR) is 68.0 cm³/mol. The molecule has 0 saturated heterocycles. The van der Waals surface area contributed by atoms with Crippen molar-refractivity contribution in [2.45, 2.75) is 0 Å². The molecule has 0 atom stereocenters. The van der Waals surface area contributed by atoms with E-state index in [1.807, 2.05) is 0 Å². The number of pyridine rings is 1. The first-order valence-electron chi connectivity index (χ1n) is 5.15. The molecule has 0 spiro atoms. The molecule has 0 bridgehead atoms. The number of anilines is 2. The highest BCUT2D eigenvalue weighted by molar-refractivity contribution is 6.31. The molecule has 19 heavy (non-hydrogen) atoms. The third-order valence-electron chi connectivity index (χ3n) is 2.28. The van der Waals surface area contributed by atoms with E-state index in [4.69, 9.17) is 17.3 Å². The van der Waals surface area contributed by atoms with Gasteiger partial charge in [0.15, 0.2) is 11.6 Å². The Morgan fingerprint density at radius 1 is 1.32 bits per heavy atom. The highest BCUT2D eigenvalue weighted by Crippen LogP contribution is 2.20. The average molecular weight is 284 g/mol. The van der Waals surface area contributed by atoms with Crippen molar-refractivity contribution in [3.8, 4) is 0 Å². The van der Waals surface area contributed by atoms with Gasteiger partial charge >= 0.3 is 0 Å². The van der Waals surface area contributed by atoms with Crippen LogP contribution < -0.4 is 11.1 Å². The van der Waals surface area contributed by atoms with Gasteiger partial charge in [0.2, 0.25) is 0 Å². The largest absolute Gasteiger partial charge is 0.381 e. The Labute approximate surface area is 112 Å². The monoisotopic (exact) mass is 283 g/mol. The Morgan fingerprint density at radius 2 is 2.05 bits per heavy atom. The minimum Gasteiger partial charge on any atom is -0.381 e. The molecule has 1 amide bonds. The molecule has 3 N–H and O–H groups in total. The van der Waals surface area contributed by atoms with Crippen molar-refractivity contribution < 1.29 is 13.6 Å². The summed E-state index contributed by atoms with van der Waals surface area (Å²) in [5.41, 5.74) is 5.08. The minimum absolute atomic E-state index is 0.116. The molecule has 0 aliphatic heterocycles. The zero-order chi connectivity index (χ0) is 14.0. The molecule has 0 fully saturated rings. The van der Waals surface area contributed by atoms with Gasteiger partial charge in [0.25, 0.3) is 5.91 Å². The van der Waals surface area contributed by atoms with Crippen LogP contribution in [0.4, 0.5) is 20.3 Å². The predicted octanol–water partition coefficient (Wildman–Crippen LogP) is 2.85. The van der Waals surface area contributed by atoms with Crippen LogP contribution in [0, 0.1) is 11.6 Å². The summed E-state index contributed by atoms with van der Waals surface area (Å²) in [4.78, 5) is 15.3. The quantitative estimate of drug-likeness (QED) is 0.890. The SMILES string of the molecule is Nc1nccc(C(=O)Nc2cc(F)cc(Cl)c2)c1F. The summed E-state index contributed by atoms with van der Waals surface area (Å²) in [7, 11) is 0. The Hall–Kier alpha value is -2.21. The minimum atomic E-state index is -0.928. The second kappa shape index (κ2) is 5.19. The van der Waals surface area contributed by atoms with Gasteiger partial charge in [0, 0.05) is 16.9 Å². The van der Waals surface area contributed by atoms with Gasteiger partial charge in [-0.05, 0) is 24.3 Å². The smallest absolute Gasteiger partial charge is 0.258 e. The van der Waals surface area contributed by atoms with Crippen LogP contribution in [0.25, 0.3) is 0 Å². The van der Waals surface area contributed by atoms with Gasteiger partial charge in [-0.3, -0.25) is 4.79 Å². The number of nitrogens with two attached hydrogens (primary N) is 1. The van der Waals surface area contributed by atoms with Gasteiger partial charge in [-0.25, -0.2) is 13.8 Å². The zero-order valence-corrected chi connectivity index (χ0v) is 10.2. The molecule has 4 nitrogen and oxygen atoms in total. The van der Waals surface area contributed by atoms with Gasteiger partial charge in [-0.15, -0.1) is 0 Å². The molecule has 2 rings (SSSR count). The number of halogens is 3. The number of amides is 1. The van der Waals surface area contributed by atoms with Crippen molar-refractivity contribution in [1.29, 1.82) is 0 Å². The topological polar surface area (TPSA) is 68.0 Å².